The highest BCUT2D eigenvalue weighted by Gasteiger charge is 2.27. The number of likely N-dealkylation sites (tertiary alicyclic amines) is 1. The lowest BCUT2D eigenvalue weighted by Crippen LogP contribution is -2.29. The summed E-state index contributed by atoms with van der Waals surface area (Å²) in [6, 6.07) is -0.280. The molecule has 0 aromatic rings. The summed E-state index contributed by atoms with van der Waals surface area (Å²) in [6.07, 6.45) is 2.93. The lowest BCUT2D eigenvalue weighted by molar-refractivity contribution is -0.127. The predicted octanol–water partition coefficient (Wildman–Crippen LogP) is -0.283. The molecular formula is C6H8NO2. The van der Waals surface area contributed by atoms with Gasteiger partial charge in [-0.2, -0.15) is 0 Å². The maximum atomic E-state index is 10.7. The van der Waals surface area contributed by atoms with Gasteiger partial charge in [0.25, 0.3) is 0 Å². The minimum Gasteiger partial charge on any atom is -0.335 e. The lowest BCUT2D eigenvalue weighted by atomic mass is 10.2. The zero-order chi connectivity index (χ0) is 6.85. The van der Waals surface area contributed by atoms with Crippen LogP contribution in [0.1, 0.15) is 12.8 Å². The van der Waals surface area contributed by atoms with Crippen molar-refractivity contribution in [2.24, 2.45) is 0 Å². The molecule has 0 aromatic heterocycles. The van der Waals surface area contributed by atoms with Crippen LogP contribution in [0, 0.1) is 0 Å². The molecule has 1 rings (SSSR count). The van der Waals surface area contributed by atoms with Crippen LogP contribution in [-0.4, -0.2) is 30.2 Å². The fraction of sp³-hybridized carbons (Fsp3) is 0.667. The molecule has 1 atom stereocenters. The van der Waals surface area contributed by atoms with Crippen molar-refractivity contribution in [3.8, 4) is 0 Å². The first-order valence-electron chi connectivity index (χ1n) is 2.89. The molecule has 1 fully saturated rings. The van der Waals surface area contributed by atoms with Crippen molar-refractivity contribution in [2.75, 3.05) is 7.05 Å². The molecule has 0 saturated carbocycles. The summed E-state index contributed by atoms with van der Waals surface area (Å²) in [5.41, 5.74) is 0. The predicted molar refractivity (Wildman–Crippen MR) is 31.5 cm³/mol. The molecule has 1 aliphatic rings. The van der Waals surface area contributed by atoms with E-state index in [0.717, 1.165) is 0 Å². The number of likely N-dealkylation sites (N-methyl/N-ethyl adjacent to an activating group) is 1. The lowest BCUT2D eigenvalue weighted by Gasteiger charge is -2.11. The molecule has 0 N–H and O–H groups in total. The summed E-state index contributed by atoms with van der Waals surface area (Å²) in [7, 11) is 1.63. The van der Waals surface area contributed by atoms with E-state index >= 15 is 0 Å². The molecular weight excluding hydrogens is 118 g/mol. The second-order valence-corrected chi connectivity index (χ2v) is 2.18. The summed E-state index contributed by atoms with van der Waals surface area (Å²) in [5.74, 6) is 0.0448. The molecule has 1 heterocycles. The van der Waals surface area contributed by atoms with Gasteiger partial charge < -0.3 is 4.90 Å². The van der Waals surface area contributed by atoms with Gasteiger partial charge in [0.1, 0.15) is 0 Å². The molecule has 1 aliphatic heterocycles. The SMILES string of the molecule is CN1C(=O)CC[C@H]1[C]=O. The number of amides is 1. The third-order valence-electron chi connectivity index (χ3n) is 1.63. The zero-order valence-electron chi connectivity index (χ0n) is 5.26. The fourth-order valence-corrected chi connectivity index (χ4v) is 0.942. The van der Waals surface area contributed by atoms with Crippen molar-refractivity contribution < 1.29 is 9.59 Å². The Bertz CT molecular complexity index is 144. The maximum Gasteiger partial charge on any atom is 0.223 e. The fourth-order valence-electron chi connectivity index (χ4n) is 0.942. The zero-order valence-corrected chi connectivity index (χ0v) is 5.26. The van der Waals surface area contributed by atoms with Crippen LogP contribution in [0.5, 0.6) is 0 Å². The summed E-state index contributed by atoms with van der Waals surface area (Å²) < 4.78 is 0. The van der Waals surface area contributed by atoms with Crippen molar-refractivity contribution in [2.45, 2.75) is 18.9 Å². The number of carbonyl (C=O) groups is 1. The van der Waals surface area contributed by atoms with Crippen LogP contribution in [0.15, 0.2) is 0 Å². The molecule has 9 heavy (non-hydrogen) atoms. The van der Waals surface area contributed by atoms with Gasteiger partial charge in [-0.15, -0.1) is 0 Å². The molecule has 0 spiro atoms. The van der Waals surface area contributed by atoms with Crippen LogP contribution >= 0.6 is 0 Å². The summed E-state index contributed by atoms with van der Waals surface area (Å²) in [6.45, 7) is 0. The van der Waals surface area contributed by atoms with Gasteiger partial charge >= 0.3 is 0 Å². The van der Waals surface area contributed by atoms with E-state index in [-0.39, 0.29) is 11.9 Å². The maximum absolute atomic E-state index is 10.7. The van der Waals surface area contributed by atoms with Gasteiger partial charge in [0.2, 0.25) is 12.2 Å². The highest BCUT2D eigenvalue weighted by Crippen LogP contribution is 2.13. The normalized spacial score (nSPS) is 27.0. The summed E-state index contributed by atoms with van der Waals surface area (Å²) in [5, 5.41) is 0. The van der Waals surface area contributed by atoms with Crippen LogP contribution in [0.3, 0.4) is 0 Å². The number of rotatable bonds is 1. The first-order chi connectivity index (χ1) is 4.25. The third kappa shape index (κ3) is 0.943. The average molecular weight is 126 g/mol. The molecule has 3 heteroatoms. The molecule has 0 bridgehead atoms. The van der Waals surface area contributed by atoms with Crippen LogP contribution in [0.25, 0.3) is 0 Å². The first kappa shape index (κ1) is 6.26. The van der Waals surface area contributed by atoms with Gasteiger partial charge in [-0.1, -0.05) is 0 Å². The smallest absolute Gasteiger partial charge is 0.223 e. The number of hydrogen-bond acceptors (Lipinski definition) is 2. The Kier molecular flexibility index (Phi) is 1.51. The van der Waals surface area contributed by atoms with Crippen molar-refractivity contribution in [1.82, 2.24) is 4.90 Å². The van der Waals surface area contributed by atoms with E-state index in [1.165, 1.54) is 4.90 Å². The van der Waals surface area contributed by atoms with E-state index in [2.05, 4.69) is 0 Å². The highest BCUT2D eigenvalue weighted by atomic mass is 16.2. The van der Waals surface area contributed by atoms with Crippen molar-refractivity contribution in [3.63, 3.8) is 0 Å². The molecule has 0 unspecified atom stereocenters. The van der Waals surface area contributed by atoms with Crippen LogP contribution in [-0.2, 0) is 9.59 Å². The minimum atomic E-state index is -0.280. The standard InChI is InChI=1S/C6H8NO2/c1-7-5(4-8)2-3-6(7)9/h5H,2-3H2,1H3/t5-/m0/s1. The van der Waals surface area contributed by atoms with E-state index in [1.54, 1.807) is 13.3 Å². The second-order valence-electron chi connectivity index (χ2n) is 2.18. The topological polar surface area (TPSA) is 37.4 Å². The minimum absolute atomic E-state index is 0.0448. The highest BCUT2D eigenvalue weighted by molar-refractivity contribution is 5.83. The van der Waals surface area contributed by atoms with E-state index < -0.39 is 0 Å². The monoisotopic (exact) mass is 126 g/mol. The molecule has 1 amide bonds. The van der Waals surface area contributed by atoms with E-state index in [0.29, 0.717) is 12.8 Å². The molecule has 0 aromatic carbocycles. The Morgan fingerprint density at radius 2 is 2.44 bits per heavy atom. The Hall–Kier alpha value is -0.860. The second kappa shape index (κ2) is 2.17. The Morgan fingerprint density at radius 1 is 1.78 bits per heavy atom. The molecule has 49 valence electrons. The van der Waals surface area contributed by atoms with Gasteiger partial charge in [-0.05, 0) is 6.42 Å². The van der Waals surface area contributed by atoms with Gasteiger partial charge in [0.05, 0.1) is 6.04 Å². The van der Waals surface area contributed by atoms with Gasteiger partial charge in [-0.3, -0.25) is 9.59 Å². The van der Waals surface area contributed by atoms with Gasteiger partial charge in [0, 0.05) is 13.5 Å². The molecule has 0 aliphatic carbocycles. The van der Waals surface area contributed by atoms with E-state index in [1.807, 2.05) is 0 Å². The van der Waals surface area contributed by atoms with E-state index in [9.17, 15) is 9.59 Å². The first-order valence-corrected chi connectivity index (χ1v) is 2.89. The summed E-state index contributed by atoms with van der Waals surface area (Å²) in [4.78, 5) is 22.2. The van der Waals surface area contributed by atoms with Crippen LogP contribution < -0.4 is 0 Å². The number of carbonyl (C=O) groups excluding carboxylic acids is 2. The number of hydrogen-bond donors (Lipinski definition) is 0. The van der Waals surface area contributed by atoms with Crippen molar-refractivity contribution in [1.29, 1.82) is 0 Å². The third-order valence-corrected chi connectivity index (χ3v) is 1.63. The molecule has 1 saturated heterocycles. The van der Waals surface area contributed by atoms with Gasteiger partial charge in [0.15, 0.2) is 0 Å². The van der Waals surface area contributed by atoms with Crippen LogP contribution in [0.2, 0.25) is 0 Å². The summed E-state index contributed by atoms with van der Waals surface area (Å²) >= 11 is 0. The van der Waals surface area contributed by atoms with Gasteiger partial charge in [-0.25, -0.2) is 0 Å². The Balaban J connectivity index is 2.61. The van der Waals surface area contributed by atoms with Crippen molar-refractivity contribution in [3.05, 3.63) is 0 Å². The molecule has 1 radical (unpaired) electrons. The number of nitrogens with zero attached hydrogens (tertiary/aromatic N) is 1. The van der Waals surface area contributed by atoms with E-state index in [4.69, 9.17) is 0 Å². The average Bonchev–Trinajstić information content (AvgIpc) is 2.15. The van der Waals surface area contributed by atoms with Crippen molar-refractivity contribution >= 4 is 12.2 Å². The Labute approximate surface area is 53.6 Å². The Morgan fingerprint density at radius 3 is 2.67 bits per heavy atom. The molecule has 3 nitrogen and oxygen atoms in total. The largest absolute Gasteiger partial charge is 0.335 e. The van der Waals surface area contributed by atoms with Crippen LogP contribution in [0.4, 0.5) is 0 Å². The quantitative estimate of drug-likeness (QED) is 0.484.